The zero-order chi connectivity index (χ0) is 59.0. The molecular formula is C62H74F2N10O8Sn. The van der Waals surface area contributed by atoms with Crippen molar-refractivity contribution in [1.29, 1.82) is 5.26 Å². The van der Waals surface area contributed by atoms with E-state index >= 15 is 0 Å². The van der Waals surface area contributed by atoms with Gasteiger partial charge in [-0.05, 0) is 136 Å². The van der Waals surface area contributed by atoms with Gasteiger partial charge in [0.25, 0.3) is 0 Å². The molecule has 0 bridgehead atoms. The Hall–Kier alpha value is -7.31. The number of rotatable bonds is 23. The topological polar surface area (TPSA) is 250 Å². The molecule has 18 nitrogen and oxygen atoms in total. The Morgan fingerprint density at radius 2 is 1.16 bits per heavy atom. The minimum absolute atomic E-state index is 0.0578. The Kier molecular flexibility index (Phi) is 24.8. The summed E-state index contributed by atoms with van der Waals surface area (Å²) in [4.78, 5) is 37.4. The number of benzene rings is 4. The number of hydrogen-bond donors (Lipinski definition) is 1. The minimum atomic E-state index is -2.45. The van der Waals surface area contributed by atoms with Gasteiger partial charge in [-0.25, -0.2) is 28.3 Å². The first kappa shape index (κ1) is 63.3. The van der Waals surface area contributed by atoms with Crippen molar-refractivity contribution in [3.63, 3.8) is 0 Å². The van der Waals surface area contributed by atoms with E-state index in [9.17, 15) is 18.4 Å². The number of oxazole rings is 2. The average Bonchev–Trinajstić information content (AvgIpc) is 4.47. The van der Waals surface area contributed by atoms with E-state index in [2.05, 4.69) is 59.6 Å². The van der Waals surface area contributed by atoms with Gasteiger partial charge >= 0.3 is 117 Å². The van der Waals surface area contributed by atoms with E-state index in [0.717, 1.165) is 38.5 Å². The van der Waals surface area contributed by atoms with Gasteiger partial charge in [-0.2, -0.15) is 10.5 Å². The van der Waals surface area contributed by atoms with E-state index in [1.807, 2.05) is 19.9 Å². The number of esters is 2. The van der Waals surface area contributed by atoms with Gasteiger partial charge in [0.1, 0.15) is 46.8 Å². The van der Waals surface area contributed by atoms with Crippen LogP contribution in [0.2, 0.25) is 13.3 Å². The Morgan fingerprint density at radius 3 is 1.60 bits per heavy atom. The van der Waals surface area contributed by atoms with Gasteiger partial charge in [-0.15, -0.1) is 10.2 Å². The van der Waals surface area contributed by atoms with Crippen LogP contribution in [0.1, 0.15) is 160 Å². The second kappa shape index (κ2) is 32.5. The number of nitrogens with zero attached hydrogens (tertiary/aromatic N) is 9. The van der Waals surface area contributed by atoms with Crippen LogP contribution < -0.4 is 0 Å². The van der Waals surface area contributed by atoms with E-state index in [1.54, 1.807) is 66.7 Å². The molecule has 9 rings (SSSR count). The van der Waals surface area contributed by atoms with Crippen molar-refractivity contribution >= 4 is 30.6 Å². The number of aromatic amines is 1. The number of H-pyrrole nitrogens is 1. The molecule has 4 unspecified atom stereocenters. The first-order chi connectivity index (χ1) is 40.3. The molecule has 0 radical (unpaired) electrons. The number of ether oxygens (including phenoxy) is 4. The zero-order valence-electron chi connectivity index (χ0n) is 48.0. The number of tetrazole rings is 1. The molecule has 0 saturated heterocycles. The summed E-state index contributed by atoms with van der Waals surface area (Å²) in [5.41, 5.74) is 13.5. The van der Waals surface area contributed by atoms with Gasteiger partial charge in [-0.3, -0.25) is 0 Å². The molecule has 0 aliphatic heterocycles. The smallest absolute Gasteiger partial charge is 0.338 e. The van der Waals surface area contributed by atoms with Crippen LogP contribution in [0, 0.1) is 36.8 Å². The van der Waals surface area contributed by atoms with Crippen molar-refractivity contribution in [2.75, 3.05) is 0 Å². The molecule has 4 atom stereocenters. The molecule has 438 valence electrons. The van der Waals surface area contributed by atoms with Gasteiger partial charge in [-0.1, -0.05) is 18.2 Å². The molecule has 2 saturated carbocycles. The molecule has 4 aromatic carbocycles. The molecule has 0 spiro atoms. The molecular weight excluding hydrogens is 1170 g/mol. The quantitative estimate of drug-likeness (QED) is 0.0206. The molecule has 2 aliphatic rings. The number of halogens is 2. The van der Waals surface area contributed by atoms with Crippen LogP contribution in [-0.2, 0) is 32.2 Å². The summed E-state index contributed by atoms with van der Waals surface area (Å²) in [5, 5.41) is 22.8. The van der Waals surface area contributed by atoms with Crippen LogP contribution in [0.25, 0.3) is 44.7 Å². The zero-order valence-corrected chi connectivity index (χ0v) is 50.9. The Bertz CT molecular complexity index is 3210. The van der Waals surface area contributed by atoms with E-state index < -0.39 is 30.6 Å². The number of aryl methyl sites for hydroxylation is 2. The van der Waals surface area contributed by atoms with Crippen molar-refractivity contribution in [2.24, 2.45) is 3.34 Å². The number of hydrogen-bond acceptors (Lipinski definition) is 15. The maximum absolute atomic E-state index is 13.2. The maximum Gasteiger partial charge on any atom is 0.338 e. The molecule has 0 amide bonds. The Morgan fingerprint density at radius 1 is 0.687 bits per heavy atom. The van der Waals surface area contributed by atoms with E-state index in [4.69, 9.17) is 38.6 Å². The third kappa shape index (κ3) is 19.4. The number of carbonyl (C=O) groups is 2. The molecule has 3 heterocycles. The fourth-order valence-electron chi connectivity index (χ4n) is 10.0. The van der Waals surface area contributed by atoms with Crippen LogP contribution in [-0.4, -0.2) is 85.6 Å². The summed E-state index contributed by atoms with van der Waals surface area (Å²) in [6, 6.07) is 27.5. The number of aromatic nitrogens is 6. The summed E-state index contributed by atoms with van der Waals surface area (Å²) < 4.78 is 69.6. The predicted octanol–water partition coefficient (Wildman–Crippen LogP) is 15.6. The number of nitriles is 1. The molecule has 3 aromatic heterocycles. The van der Waals surface area contributed by atoms with E-state index in [-0.39, 0.29) is 49.3 Å². The SMILES string of the molecule is CCC[CH2][Sn]([CH2]CCC)([CH2]CCC)[N]=[N+]=[N-].Cc1oc(-c2ccc(F)cc2)nc1COC1CCCC(OC(=O)c2cccc(-c3nn[nH]n3)c2)C1.Cc1oc(-c2ccc(F)cc2)nc1COC1CCCC(OC(=O)c2cccc(C#N)c2)C1. The molecule has 2 fully saturated rings. The largest absolute Gasteiger partial charge is 0.459 e. The van der Waals surface area contributed by atoms with Crippen LogP contribution in [0.3, 0.4) is 0 Å². The Labute approximate surface area is 487 Å². The van der Waals surface area contributed by atoms with Gasteiger partial charge in [0.2, 0.25) is 17.6 Å². The fraction of sp³-hybridized carbons (Fsp3) is 0.452. The third-order valence-electron chi connectivity index (χ3n) is 14.8. The summed E-state index contributed by atoms with van der Waals surface area (Å²) in [5.74, 6) is 1.14. The van der Waals surface area contributed by atoms with Crippen LogP contribution in [0.4, 0.5) is 8.78 Å². The van der Waals surface area contributed by atoms with Crippen molar-refractivity contribution in [2.45, 2.75) is 175 Å². The standard InChI is InChI=1S/C25H24FN5O4.C25H23FN2O4.3C4H9.N3.Sn/c1-15-22(27-24(34-15)16-8-10-19(26)11-9-16)14-33-20-6-3-7-21(13-20)35-25(32)18-5-2-4-17(12-18)23-28-30-31-29-23;1-16-23(28-24(31-16)18-8-10-20(26)11-9-18)15-30-21-6-3-7-22(13-21)32-25(29)19-5-2-4-17(12-19)14-27;3*1-3-4-2;1-3-2;/h2,4-5,8-12,20-21H,3,6-7,13-14H2,1H3,(H,28,29,30,31);2,4-5,8-12,21-22H,3,6-7,13,15H2,1H3;3*1,3-4H2,2H3;;/q;;;;;-1;+1. The van der Waals surface area contributed by atoms with Crippen LogP contribution >= 0.6 is 0 Å². The van der Waals surface area contributed by atoms with Crippen molar-refractivity contribution in [3.8, 4) is 40.4 Å². The first-order valence-electron chi connectivity index (χ1n) is 28.8. The van der Waals surface area contributed by atoms with Crippen LogP contribution in [0.15, 0.2) is 109 Å². The second-order valence-electron chi connectivity index (χ2n) is 21.0. The summed E-state index contributed by atoms with van der Waals surface area (Å²) in [7, 11) is 0. The number of nitrogens with one attached hydrogen (secondary N) is 1. The third-order valence-corrected chi connectivity index (χ3v) is 27.2. The van der Waals surface area contributed by atoms with Gasteiger partial charge in [0.05, 0.1) is 48.2 Å². The van der Waals surface area contributed by atoms with E-state index in [0.29, 0.717) is 86.7 Å². The monoisotopic (exact) mass is 1240 g/mol. The Balaban J connectivity index is 0.000000192. The minimum Gasteiger partial charge on any atom is -0.459 e. The fourth-order valence-corrected chi connectivity index (χ4v) is 22.2. The van der Waals surface area contributed by atoms with Crippen molar-refractivity contribution < 1.29 is 46.2 Å². The van der Waals surface area contributed by atoms with Gasteiger partial charge in [0.15, 0.2) is 0 Å². The second-order valence-corrected chi connectivity index (χ2v) is 32.9. The summed E-state index contributed by atoms with van der Waals surface area (Å²) >= 11 is -2.45. The molecule has 2 aliphatic carbocycles. The normalized spacial score (nSPS) is 16.7. The van der Waals surface area contributed by atoms with Gasteiger partial charge in [0, 0.05) is 29.5 Å². The predicted molar refractivity (Wildman–Crippen MR) is 311 cm³/mol. The molecule has 7 aromatic rings. The molecule has 1 N–H and O–H groups in total. The molecule has 21 heteroatoms. The number of azide groups is 1. The number of unbranched alkanes of at least 4 members (excludes halogenated alkanes) is 3. The van der Waals surface area contributed by atoms with Crippen molar-refractivity contribution in [3.05, 3.63) is 159 Å². The summed E-state index contributed by atoms with van der Waals surface area (Å²) in [6.07, 6.45) is 13.2. The average molecular weight is 1240 g/mol. The first-order valence-corrected chi connectivity index (χ1v) is 36.1. The van der Waals surface area contributed by atoms with Crippen LogP contribution in [0.5, 0.6) is 0 Å². The van der Waals surface area contributed by atoms with Gasteiger partial charge < -0.3 is 27.8 Å². The maximum atomic E-state index is 13.2. The van der Waals surface area contributed by atoms with Crippen molar-refractivity contribution in [1.82, 2.24) is 30.6 Å². The molecule has 83 heavy (non-hydrogen) atoms. The summed E-state index contributed by atoms with van der Waals surface area (Å²) in [6.45, 7) is 10.9. The van der Waals surface area contributed by atoms with E-state index in [1.165, 1.54) is 82.2 Å². The number of carbonyl (C=O) groups excluding carboxylic acids is 2.